The molecule has 1 saturated heterocycles. The number of nitrogens with zero attached hydrogens (tertiary/aromatic N) is 4. The summed E-state index contributed by atoms with van der Waals surface area (Å²) in [6.07, 6.45) is 5.48. The average Bonchev–Trinajstić information content (AvgIpc) is 3.28. The summed E-state index contributed by atoms with van der Waals surface area (Å²) in [7, 11) is 0. The Morgan fingerprint density at radius 3 is 2.65 bits per heavy atom. The lowest BCUT2D eigenvalue weighted by Gasteiger charge is -2.30. The van der Waals surface area contributed by atoms with E-state index in [0.717, 1.165) is 79.3 Å². The fourth-order valence-corrected chi connectivity index (χ4v) is 5.68. The number of anilines is 1. The zero-order valence-corrected chi connectivity index (χ0v) is 20.6. The molecule has 0 spiro atoms. The molecule has 1 aliphatic carbocycles. The minimum atomic E-state index is -0.0136. The van der Waals surface area contributed by atoms with E-state index in [9.17, 15) is 9.59 Å². The molecule has 1 aliphatic heterocycles. The van der Waals surface area contributed by atoms with Crippen molar-refractivity contribution in [3.8, 4) is 5.75 Å². The van der Waals surface area contributed by atoms with Gasteiger partial charge in [0, 0.05) is 31.1 Å². The Morgan fingerprint density at radius 2 is 1.91 bits per heavy atom. The van der Waals surface area contributed by atoms with Crippen molar-refractivity contribution in [3.63, 3.8) is 0 Å². The minimum Gasteiger partial charge on any atom is -0.491 e. The van der Waals surface area contributed by atoms with Gasteiger partial charge in [0.2, 0.25) is 16.0 Å². The number of ether oxygens (including phenoxy) is 1. The number of aromatic nitrogens is 3. The number of amides is 1. The molecule has 3 aromatic rings. The van der Waals surface area contributed by atoms with Gasteiger partial charge in [-0.15, -0.1) is 5.10 Å². The van der Waals surface area contributed by atoms with Gasteiger partial charge in [0.25, 0.3) is 5.56 Å². The van der Waals surface area contributed by atoms with E-state index in [4.69, 9.17) is 9.72 Å². The van der Waals surface area contributed by atoms with E-state index in [1.54, 1.807) is 0 Å². The standard InChI is InChI=1S/C25H31N5O3S/c1-16(2)33-19-9-7-17(8-10-19)15-26-22(31)18-11-13-29(14-12-18)25-28-30-23(32)20-5-3-4-6-21(20)27-24(30)34-25/h7-10,16,18H,3-6,11-15H2,1-2H3,(H,26,31). The summed E-state index contributed by atoms with van der Waals surface area (Å²) in [6.45, 7) is 6.00. The fourth-order valence-electron chi connectivity index (χ4n) is 4.71. The first-order chi connectivity index (χ1) is 16.5. The third-order valence-electron chi connectivity index (χ3n) is 6.57. The van der Waals surface area contributed by atoms with Crippen LogP contribution in [0.15, 0.2) is 29.1 Å². The van der Waals surface area contributed by atoms with Crippen molar-refractivity contribution >= 4 is 27.3 Å². The summed E-state index contributed by atoms with van der Waals surface area (Å²) >= 11 is 1.47. The zero-order chi connectivity index (χ0) is 23.7. The number of rotatable bonds is 6. The monoisotopic (exact) mass is 481 g/mol. The molecule has 180 valence electrons. The molecule has 0 bridgehead atoms. The van der Waals surface area contributed by atoms with E-state index >= 15 is 0 Å². The largest absolute Gasteiger partial charge is 0.491 e. The van der Waals surface area contributed by atoms with Crippen molar-refractivity contribution < 1.29 is 9.53 Å². The van der Waals surface area contributed by atoms with Crippen LogP contribution in [-0.2, 0) is 24.2 Å². The van der Waals surface area contributed by atoms with Crippen LogP contribution in [0, 0.1) is 5.92 Å². The van der Waals surface area contributed by atoms with Crippen LogP contribution in [-0.4, -0.2) is 39.7 Å². The molecule has 9 heteroatoms. The first kappa shape index (κ1) is 22.8. The third kappa shape index (κ3) is 4.80. The highest BCUT2D eigenvalue weighted by atomic mass is 32.1. The summed E-state index contributed by atoms with van der Waals surface area (Å²) in [6, 6.07) is 7.85. The smallest absolute Gasteiger partial charge is 0.278 e. The maximum atomic E-state index is 12.9. The minimum absolute atomic E-state index is 0.0117. The van der Waals surface area contributed by atoms with Gasteiger partial charge in [-0.2, -0.15) is 4.52 Å². The van der Waals surface area contributed by atoms with Gasteiger partial charge in [0.05, 0.1) is 11.8 Å². The van der Waals surface area contributed by atoms with Gasteiger partial charge in [0.1, 0.15) is 5.75 Å². The highest BCUT2D eigenvalue weighted by molar-refractivity contribution is 7.20. The van der Waals surface area contributed by atoms with E-state index in [1.165, 1.54) is 15.9 Å². The average molecular weight is 482 g/mol. The maximum Gasteiger partial charge on any atom is 0.278 e. The molecule has 1 N–H and O–H groups in total. The number of piperidine rings is 1. The lowest BCUT2D eigenvalue weighted by molar-refractivity contribution is -0.125. The van der Waals surface area contributed by atoms with E-state index in [0.29, 0.717) is 11.5 Å². The van der Waals surface area contributed by atoms with Gasteiger partial charge in [-0.25, -0.2) is 4.98 Å². The summed E-state index contributed by atoms with van der Waals surface area (Å²) < 4.78 is 7.14. The third-order valence-corrected chi connectivity index (χ3v) is 7.54. The number of hydrogen-bond acceptors (Lipinski definition) is 7. The Balaban J connectivity index is 1.17. The van der Waals surface area contributed by atoms with Crippen LogP contribution in [0.1, 0.15) is 56.4 Å². The predicted octanol–water partition coefficient (Wildman–Crippen LogP) is 3.35. The Bertz CT molecular complexity index is 1230. The highest BCUT2D eigenvalue weighted by Gasteiger charge is 2.27. The number of carbonyl (C=O) groups is 1. The summed E-state index contributed by atoms with van der Waals surface area (Å²) in [5.41, 5.74) is 2.82. The van der Waals surface area contributed by atoms with Gasteiger partial charge < -0.3 is 15.0 Å². The number of aryl methyl sites for hydroxylation is 1. The maximum absolute atomic E-state index is 12.9. The number of hydrogen-bond donors (Lipinski definition) is 1. The van der Waals surface area contributed by atoms with Gasteiger partial charge in [-0.1, -0.05) is 23.5 Å². The number of benzene rings is 1. The van der Waals surface area contributed by atoms with E-state index in [1.807, 2.05) is 38.1 Å². The topological polar surface area (TPSA) is 88.8 Å². The molecule has 8 nitrogen and oxygen atoms in total. The van der Waals surface area contributed by atoms with E-state index < -0.39 is 0 Å². The zero-order valence-electron chi connectivity index (χ0n) is 19.7. The fraction of sp³-hybridized carbons (Fsp3) is 0.520. The Hall–Kier alpha value is -2.94. The van der Waals surface area contributed by atoms with Gasteiger partial charge >= 0.3 is 0 Å². The highest BCUT2D eigenvalue weighted by Crippen LogP contribution is 2.28. The van der Waals surface area contributed by atoms with Crippen molar-refractivity contribution in [1.82, 2.24) is 19.9 Å². The second-order valence-electron chi connectivity index (χ2n) is 9.42. The first-order valence-corrected chi connectivity index (χ1v) is 13.0. The quantitative estimate of drug-likeness (QED) is 0.581. The van der Waals surface area contributed by atoms with Crippen LogP contribution in [0.4, 0.5) is 5.13 Å². The Labute approximate surface area is 203 Å². The molecule has 1 aromatic carbocycles. The second kappa shape index (κ2) is 9.74. The van der Waals surface area contributed by atoms with Crippen LogP contribution in [0.2, 0.25) is 0 Å². The Kier molecular flexibility index (Phi) is 6.54. The molecule has 34 heavy (non-hydrogen) atoms. The van der Waals surface area contributed by atoms with Crippen LogP contribution < -0.4 is 20.5 Å². The number of carbonyl (C=O) groups excluding carboxylic acids is 1. The van der Waals surface area contributed by atoms with Crippen molar-refractivity contribution in [2.75, 3.05) is 18.0 Å². The summed E-state index contributed by atoms with van der Waals surface area (Å²) in [5.74, 6) is 0.921. The predicted molar refractivity (Wildman–Crippen MR) is 133 cm³/mol. The van der Waals surface area contributed by atoms with Crippen molar-refractivity contribution in [2.45, 2.75) is 65.0 Å². The van der Waals surface area contributed by atoms with Crippen LogP contribution in [0.3, 0.4) is 0 Å². The van der Waals surface area contributed by atoms with Crippen LogP contribution in [0.5, 0.6) is 5.75 Å². The molecule has 1 fully saturated rings. The summed E-state index contributed by atoms with van der Waals surface area (Å²) in [4.78, 5) is 33.2. The molecule has 0 radical (unpaired) electrons. The van der Waals surface area contributed by atoms with Crippen LogP contribution in [0.25, 0.3) is 4.96 Å². The van der Waals surface area contributed by atoms with Crippen LogP contribution >= 0.6 is 11.3 Å². The molecule has 0 atom stereocenters. The summed E-state index contributed by atoms with van der Waals surface area (Å²) in [5, 5.41) is 8.48. The normalized spacial score (nSPS) is 16.6. The molecular weight excluding hydrogens is 450 g/mol. The van der Waals surface area contributed by atoms with E-state index in [2.05, 4.69) is 15.3 Å². The first-order valence-electron chi connectivity index (χ1n) is 12.2. The molecule has 3 heterocycles. The molecule has 0 saturated carbocycles. The SMILES string of the molecule is CC(C)Oc1ccc(CNC(=O)C2CCN(c3nn4c(=O)c5c(nc4s3)CCCC5)CC2)cc1. The number of nitrogens with one attached hydrogen (secondary N) is 1. The molecule has 1 amide bonds. The second-order valence-corrected chi connectivity index (χ2v) is 10.4. The molecule has 2 aromatic heterocycles. The van der Waals surface area contributed by atoms with E-state index in [-0.39, 0.29) is 23.5 Å². The number of fused-ring (bicyclic) bond motifs is 2. The molecule has 2 aliphatic rings. The van der Waals surface area contributed by atoms with Crippen molar-refractivity contribution in [3.05, 3.63) is 51.4 Å². The molecular formula is C25H31N5O3S. The van der Waals surface area contributed by atoms with Crippen molar-refractivity contribution in [1.29, 1.82) is 0 Å². The molecule has 5 rings (SSSR count). The Morgan fingerprint density at radius 1 is 1.18 bits per heavy atom. The lowest BCUT2D eigenvalue weighted by atomic mass is 9.96. The molecule has 0 unspecified atom stereocenters. The lowest BCUT2D eigenvalue weighted by Crippen LogP contribution is -2.40. The van der Waals surface area contributed by atoms with Gasteiger partial charge in [0.15, 0.2) is 0 Å². The van der Waals surface area contributed by atoms with Gasteiger partial charge in [-0.05, 0) is 70.1 Å². The van der Waals surface area contributed by atoms with Crippen molar-refractivity contribution in [2.24, 2.45) is 5.92 Å². The van der Waals surface area contributed by atoms with Gasteiger partial charge in [-0.3, -0.25) is 9.59 Å².